The van der Waals surface area contributed by atoms with Crippen LogP contribution in [0.1, 0.15) is 35.7 Å². The van der Waals surface area contributed by atoms with Gasteiger partial charge in [0, 0.05) is 30.6 Å². The minimum Gasteiger partial charge on any atom is -0.462 e. The number of fused-ring (bicyclic) bond motifs is 2. The van der Waals surface area contributed by atoms with E-state index in [1.165, 1.54) is 11.3 Å². The van der Waals surface area contributed by atoms with Crippen molar-refractivity contribution < 1.29 is 14.1 Å². The smallest absolute Gasteiger partial charge is 0.338 e. The molecule has 144 valence electrons. The Morgan fingerprint density at radius 3 is 2.86 bits per heavy atom. The van der Waals surface area contributed by atoms with Gasteiger partial charge in [0.1, 0.15) is 6.54 Å². The van der Waals surface area contributed by atoms with Crippen LogP contribution < -0.4 is 10.1 Å². The molecule has 0 aliphatic rings. The molecule has 4 rings (SSSR count). The van der Waals surface area contributed by atoms with Crippen molar-refractivity contribution in [2.75, 3.05) is 6.61 Å². The SMILES string of the molecule is CCOC(=O)c1ccc2c(c1)n(Cc1cc(=O)n3ccsc3n1)c(C)[n+]2CC. The van der Waals surface area contributed by atoms with Gasteiger partial charge in [-0.1, -0.05) is 0 Å². The lowest BCUT2D eigenvalue weighted by molar-refractivity contribution is -0.674. The lowest BCUT2D eigenvalue weighted by Crippen LogP contribution is -2.35. The molecule has 0 bridgehead atoms. The van der Waals surface area contributed by atoms with E-state index in [0.29, 0.717) is 29.4 Å². The Balaban J connectivity index is 1.86. The van der Waals surface area contributed by atoms with Crippen LogP contribution >= 0.6 is 11.3 Å². The zero-order valence-corrected chi connectivity index (χ0v) is 16.8. The minimum absolute atomic E-state index is 0.0917. The van der Waals surface area contributed by atoms with Crippen LogP contribution in [-0.2, 0) is 17.8 Å². The quantitative estimate of drug-likeness (QED) is 0.383. The number of aromatic nitrogens is 4. The fraction of sp³-hybridized carbons (Fsp3) is 0.300. The van der Waals surface area contributed by atoms with Crippen molar-refractivity contribution in [1.82, 2.24) is 14.0 Å². The molecule has 0 N–H and O–H groups in total. The van der Waals surface area contributed by atoms with Gasteiger partial charge in [0.2, 0.25) is 0 Å². The number of hydrogen-bond acceptors (Lipinski definition) is 5. The predicted octanol–water partition coefficient (Wildman–Crippen LogP) is 2.55. The predicted molar refractivity (Wildman–Crippen MR) is 107 cm³/mol. The first-order valence-electron chi connectivity index (χ1n) is 9.19. The van der Waals surface area contributed by atoms with Crippen LogP contribution in [0.15, 0.2) is 40.6 Å². The number of imidazole rings is 1. The fourth-order valence-electron chi connectivity index (χ4n) is 3.53. The summed E-state index contributed by atoms with van der Waals surface area (Å²) in [7, 11) is 0. The van der Waals surface area contributed by atoms with Gasteiger partial charge in [-0.05, 0) is 26.0 Å². The molecule has 0 atom stereocenters. The summed E-state index contributed by atoms with van der Waals surface area (Å²) in [4.78, 5) is 29.8. The van der Waals surface area contributed by atoms with Crippen molar-refractivity contribution >= 4 is 33.3 Å². The van der Waals surface area contributed by atoms with Gasteiger partial charge in [-0.25, -0.2) is 18.9 Å². The highest BCUT2D eigenvalue weighted by Gasteiger charge is 2.23. The van der Waals surface area contributed by atoms with E-state index in [1.807, 2.05) is 24.4 Å². The Labute approximate surface area is 165 Å². The number of hydrogen-bond donors (Lipinski definition) is 0. The summed E-state index contributed by atoms with van der Waals surface area (Å²) >= 11 is 1.43. The highest BCUT2D eigenvalue weighted by Crippen LogP contribution is 2.19. The number of benzene rings is 1. The van der Waals surface area contributed by atoms with Crippen molar-refractivity contribution in [3.63, 3.8) is 0 Å². The second-order valence-electron chi connectivity index (χ2n) is 6.44. The van der Waals surface area contributed by atoms with Gasteiger partial charge in [-0.2, -0.15) is 0 Å². The van der Waals surface area contributed by atoms with E-state index in [2.05, 4.69) is 21.0 Å². The summed E-state index contributed by atoms with van der Waals surface area (Å²) < 4.78 is 11.0. The molecule has 4 aromatic rings. The minimum atomic E-state index is -0.339. The number of esters is 1. The van der Waals surface area contributed by atoms with Crippen LogP contribution in [0.2, 0.25) is 0 Å². The van der Waals surface area contributed by atoms with E-state index in [4.69, 9.17) is 4.74 Å². The van der Waals surface area contributed by atoms with Crippen LogP contribution in [0, 0.1) is 6.92 Å². The molecule has 0 fully saturated rings. The summed E-state index contributed by atoms with van der Waals surface area (Å²) in [5.74, 6) is 0.695. The van der Waals surface area contributed by atoms with Gasteiger partial charge in [0.15, 0.2) is 16.0 Å². The number of aryl methyl sites for hydroxylation is 1. The van der Waals surface area contributed by atoms with Crippen molar-refractivity contribution in [2.24, 2.45) is 0 Å². The Bertz CT molecular complexity index is 1250. The van der Waals surface area contributed by atoms with Crippen LogP contribution in [0.3, 0.4) is 0 Å². The molecule has 3 heterocycles. The number of ether oxygens (including phenoxy) is 1. The van der Waals surface area contributed by atoms with Gasteiger partial charge in [-0.3, -0.25) is 9.20 Å². The lowest BCUT2D eigenvalue weighted by atomic mass is 10.2. The third-order valence-corrected chi connectivity index (χ3v) is 5.60. The molecular weight excluding hydrogens is 376 g/mol. The second-order valence-corrected chi connectivity index (χ2v) is 7.32. The van der Waals surface area contributed by atoms with Crippen molar-refractivity contribution in [2.45, 2.75) is 33.9 Å². The normalized spacial score (nSPS) is 11.4. The number of thiazole rings is 1. The first-order valence-corrected chi connectivity index (χ1v) is 10.1. The molecule has 0 spiro atoms. The first kappa shape index (κ1) is 18.4. The zero-order chi connectivity index (χ0) is 19.8. The van der Waals surface area contributed by atoms with Crippen molar-refractivity contribution in [1.29, 1.82) is 0 Å². The molecule has 0 aliphatic heterocycles. The van der Waals surface area contributed by atoms with E-state index in [1.54, 1.807) is 29.7 Å². The summed E-state index contributed by atoms with van der Waals surface area (Å²) in [5, 5.41) is 1.85. The van der Waals surface area contributed by atoms with Crippen LogP contribution in [-0.4, -0.2) is 26.5 Å². The van der Waals surface area contributed by atoms with Crippen LogP contribution in [0.25, 0.3) is 16.0 Å². The monoisotopic (exact) mass is 397 g/mol. The Morgan fingerprint density at radius 1 is 1.29 bits per heavy atom. The number of rotatable bonds is 5. The van der Waals surface area contributed by atoms with Crippen molar-refractivity contribution in [3.8, 4) is 0 Å². The molecule has 1 aromatic carbocycles. The Kier molecular flexibility index (Phi) is 4.72. The average molecular weight is 397 g/mol. The highest BCUT2D eigenvalue weighted by atomic mass is 32.1. The highest BCUT2D eigenvalue weighted by molar-refractivity contribution is 7.15. The van der Waals surface area contributed by atoms with Gasteiger partial charge >= 0.3 is 5.97 Å². The topological polar surface area (TPSA) is 69.5 Å². The number of nitrogens with zero attached hydrogens (tertiary/aromatic N) is 4. The largest absolute Gasteiger partial charge is 0.462 e. The average Bonchev–Trinajstić information content (AvgIpc) is 3.25. The third kappa shape index (κ3) is 2.99. The maximum absolute atomic E-state index is 12.3. The number of carbonyl (C=O) groups is 1. The van der Waals surface area contributed by atoms with E-state index in [0.717, 1.165) is 23.4 Å². The zero-order valence-electron chi connectivity index (χ0n) is 16.0. The van der Waals surface area contributed by atoms with E-state index < -0.39 is 0 Å². The summed E-state index contributed by atoms with van der Waals surface area (Å²) in [6.45, 7) is 7.49. The molecule has 0 radical (unpaired) electrons. The maximum Gasteiger partial charge on any atom is 0.338 e. The van der Waals surface area contributed by atoms with Gasteiger partial charge in [0.25, 0.3) is 11.4 Å². The molecule has 0 saturated carbocycles. The van der Waals surface area contributed by atoms with Gasteiger partial charge < -0.3 is 4.74 Å². The third-order valence-electron chi connectivity index (χ3n) is 4.84. The first-order chi connectivity index (χ1) is 13.5. The Hall–Kier alpha value is -3.00. The molecule has 0 saturated heterocycles. The molecular formula is C20H21N4O3S+. The van der Waals surface area contributed by atoms with Crippen LogP contribution in [0.5, 0.6) is 0 Å². The molecule has 0 unspecified atom stereocenters. The van der Waals surface area contributed by atoms with E-state index >= 15 is 0 Å². The maximum atomic E-state index is 12.3. The van der Waals surface area contributed by atoms with E-state index in [-0.39, 0.29) is 11.5 Å². The molecule has 3 aromatic heterocycles. The van der Waals surface area contributed by atoms with Crippen LogP contribution in [0.4, 0.5) is 0 Å². The standard InChI is InChI=1S/C20H21N4O3S/c1-4-22-13(3)24(12-15-11-18(25)23-8-9-28-20(23)21-15)17-10-14(6-7-16(17)22)19(26)27-5-2/h6-11H,4-5,12H2,1-3H3/q+1. The second kappa shape index (κ2) is 7.20. The van der Waals surface area contributed by atoms with Gasteiger partial charge in [-0.15, -0.1) is 11.3 Å². The Morgan fingerprint density at radius 2 is 2.11 bits per heavy atom. The number of carbonyl (C=O) groups excluding carboxylic acids is 1. The van der Waals surface area contributed by atoms with E-state index in [9.17, 15) is 9.59 Å². The summed E-state index contributed by atoms with van der Waals surface area (Å²) in [5.41, 5.74) is 3.06. The lowest BCUT2D eigenvalue weighted by Gasteiger charge is -2.03. The molecule has 8 heteroatoms. The fourth-order valence-corrected chi connectivity index (χ4v) is 4.27. The molecule has 7 nitrogen and oxygen atoms in total. The summed E-state index contributed by atoms with van der Waals surface area (Å²) in [6, 6.07) is 7.15. The van der Waals surface area contributed by atoms with Gasteiger partial charge in [0.05, 0.1) is 24.4 Å². The van der Waals surface area contributed by atoms with Crippen molar-refractivity contribution in [3.05, 3.63) is 63.3 Å². The molecule has 0 aliphatic carbocycles. The summed E-state index contributed by atoms with van der Waals surface area (Å²) in [6.07, 6.45) is 1.73. The molecule has 0 amide bonds. The molecule has 28 heavy (non-hydrogen) atoms.